The molecule has 1 rings (SSSR count). The maximum absolute atomic E-state index is 12.6. The summed E-state index contributed by atoms with van der Waals surface area (Å²) >= 11 is 0. The van der Waals surface area contributed by atoms with Crippen molar-refractivity contribution in [1.82, 2.24) is 4.90 Å². The van der Waals surface area contributed by atoms with Gasteiger partial charge in [0.05, 0.1) is 19.1 Å². The maximum atomic E-state index is 12.6. The lowest BCUT2D eigenvalue weighted by molar-refractivity contribution is -0.152. The molecule has 2 atom stereocenters. The van der Waals surface area contributed by atoms with Crippen LogP contribution in [0.25, 0.3) is 0 Å². The Labute approximate surface area is 223 Å². The summed E-state index contributed by atoms with van der Waals surface area (Å²) < 4.78 is 11.4. The van der Waals surface area contributed by atoms with Gasteiger partial charge >= 0.3 is 11.9 Å². The molecule has 1 aliphatic heterocycles. The zero-order chi connectivity index (χ0) is 26.4. The van der Waals surface area contributed by atoms with Crippen LogP contribution in [0.3, 0.4) is 0 Å². The van der Waals surface area contributed by atoms with E-state index in [1.807, 2.05) is 0 Å². The number of unbranched alkanes of at least 4 members (excludes halogenated alkanes) is 7. The lowest BCUT2D eigenvalue weighted by Gasteiger charge is -2.28. The van der Waals surface area contributed by atoms with Crippen LogP contribution in [0.5, 0.6) is 0 Å². The molecule has 5 nitrogen and oxygen atoms in total. The summed E-state index contributed by atoms with van der Waals surface area (Å²) in [6.45, 7) is 9.73. The topological polar surface area (TPSA) is 55.8 Å². The molecule has 0 bridgehead atoms. The van der Waals surface area contributed by atoms with Crippen molar-refractivity contribution >= 4 is 11.9 Å². The fraction of sp³-hybridized carbons (Fsp3) is 0.935. The largest absolute Gasteiger partial charge is 0.466 e. The molecular formula is C31H59NO4. The van der Waals surface area contributed by atoms with E-state index in [1.54, 1.807) is 0 Å². The van der Waals surface area contributed by atoms with Crippen LogP contribution in [-0.4, -0.2) is 50.2 Å². The first-order valence-corrected chi connectivity index (χ1v) is 15.5. The van der Waals surface area contributed by atoms with E-state index in [2.05, 4.69) is 32.7 Å². The van der Waals surface area contributed by atoms with Crippen LogP contribution in [0.1, 0.15) is 136 Å². The van der Waals surface area contributed by atoms with Crippen molar-refractivity contribution in [3.8, 4) is 0 Å². The highest BCUT2D eigenvalue weighted by molar-refractivity contribution is 5.72. The molecule has 0 saturated carbocycles. The molecule has 0 aromatic rings. The Balaban J connectivity index is 2.33. The summed E-state index contributed by atoms with van der Waals surface area (Å²) in [7, 11) is 2.11. The van der Waals surface area contributed by atoms with E-state index in [-0.39, 0.29) is 17.9 Å². The van der Waals surface area contributed by atoms with E-state index < -0.39 is 0 Å². The summed E-state index contributed by atoms with van der Waals surface area (Å²) in [5.41, 5.74) is 0. The fourth-order valence-corrected chi connectivity index (χ4v) is 5.27. The van der Waals surface area contributed by atoms with Gasteiger partial charge in [0.15, 0.2) is 0 Å². The minimum Gasteiger partial charge on any atom is -0.466 e. The van der Waals surface area contributed by atoms with E-state index in [0.717, 1.165) is 58.0 Å². The molecule has 5 heteroatoms. The standard InChI is InChI=1S/C31H59NO4/c1-5-8-10-11-12-14-17-28(26-36-31(34)29-20-23-32(4)24-21-29)18-15-19-30(33)35-25-22-27(7-3)16-13-9-6-2/h27-29H,5-26H2,1-4H3. The highest BCUT2D eigenvalue weighted by atomic mass is 16.5. The zero-order valence-corrected chi connectivity index (χ0v) is 24.4. The first-order valence-electron chi connectivity index (χ1n) is 15.5. The lowest BCUT2D eigenvalue weighted by atomic mass is 9.95. The van der Waals surface area contributed by atoms with E-state index in [4.69, 9.17) is 9.47 Å². The third-order valence-corrected chi connectivity index (χ3v) is 8.05. The predicted octanol–water partition coefficient (Wildman–Crippen LogP) is 7.95. The Bertz CT molecular complexity index is 545. The number of likely N-dealkylation sites (tertiary alicyclic amines) is 1. The Kier molecular flexibility index (Phi) is 20.1. The third-order valence-electron chi connectivity index (χ3n) is 8.05. The summed E-state index contributed by atoms with van der Waals surface area (Å²) in [4.78, 5) is 27.2. The van der Waals surface area contributed by atoms with Gasteiger partial charge < -0.3 is 14.4 Å². The maximum Gasteiger partial charge on any atom is 0.309 e. The van der Waals surface area contributed by atoms with Crippen LogP contribution in [0.15, 0.2) is 0 Å². The highest BCUT2D eigenvalue weighted by Gasteiger charge is 2.25. The molecule has 0 radical (unpaired) electrons. The average molecular weight is 510 g/mol. The smallest absolute Gasteiger partial charge is 0.309 e. The molecule has 2 unspecified atom stereocenters. The van der Waals surface area contributed by atoms with Crippen LogP contribution < -0.4 is 0 Å². The molecule has 0 aromatic heterocycles. The highest BCUT2D eigenvalue weighted by Crippen LogP contribution is 2.22. The van der Waals surface area contributed by atoms with Crippen LogP contribution in [-0.2, 0) is 19.1 Å². The molecule has 0 spiro atoms. The lowest BCUT2D eigenvalue weighted by Crippen LogP contribution is -2.34. The second kappa shape index (κ2) is 21.9. The normalized spacial score (nSPS) is 16.6. The van der Waals surface area contributed by atoms with Gasteiger partial charge in [0.2, 0.25) is 0 Å². The van der Waals surface area contributed by atoms with E-state index in [9.17, 15) is 9.59 Å². The number of rotatable bonds is 22. The molecule has 36 heavy (non-hydrogen) atoms. The number of esters is 2. The van der Waals surface area contributed by atoms with Crippen molar-refractivity contribution in [3.63, 3.8) is 0 Å². The first-order chi connectivity index (χ1) is 17.5. The van der Waals surface area contributed by atoms with Gasteiger partial charge in [-0.15, -0.1) is 0 Å². The zero-order valence-electron chi connectivity index (χ0n) is 24.4. The van der Waals surface area contributed by atoms with Crippen molar-refractivity contribution in [2.45, 2.75) is 136 Å². The SMILES string of the molecule is CCCCCCCCC(CCCC(=O)OCCC(CC)CCCCC)COC(=O)C1CCN(C)CC1. The minimum atomic E-state index is -0.0694. The Morgan fingerprint density at radius 3 is 2.03 bits per heavy atom. The van der Waals surface area contributed by atoms with Crippen LogP contribution >= 0.6 is 0 Å². The van der Waals surface area contributed by atoms with Crippen molar-refractivity contribution < 1.29 is 19.1 Å². The van der Waals surface area contributed by atoms with Gasteiger partial charge in [-0.3, -0.25) is 9.59 Å². The molecule has 0 amide bonds. The van der Waals surface area contributed by atoms with Gasteiger partial charge in [-0.25, -0.2) is 0 Å². The van der Waals surface area contributed by atoms with Gasteiger partial charge in [0.25, 0.3) is 0 Å². The number of carbonyl (C=O) groups is 2. The summed E-state index contributed by atoms with van der Waals surface area (Å²) in [5.74, 6) is 0.993. The van der Waals surface area contributed by atoms with Gasteiger partial charge in [-0.05, 0) is 70.5 Å². The van der Waals surface area contributed by atoms with Crippen LogP contribution in [0, 0.1) is 17.8 Å². The first kappa shape index (κ1) is 32.9. The third kappa shape index (κ3) is 16.6. The molecule has 212 valence electrons. The van der Waals surface area contributed by atoms with Gasteiger partial charge in [0, 0.05) is 6.42 Å². The monoisotopic (exact) mass is 509 g/mol. The van der Waals surface area contributed by atoms with E-state index >= 15 is 0 Å². The van der Waals surface area contributed by atoms with Gasteiger partial charge in [-0.1, -0.05) is 91.4 Å². The molecular weight excluding hydrogens is 450 g/mol. The van der Waals surface area contributed by atoms with Crippen LogP contribution in [0.4, 0.5) is 0 Å². The van der Waals surface area contributed by atoms with Gasteiger partial charge in [-0.2, -0.15) is 0 Å². The predicted molar refractivity (Wildman–Crippen MR) is 150 cm³/mol. The second-order valence-corrected chi connectivity index (χ2v) is 11.3. The molecule has 1 aliphatic rings. The number of piperidine rings is 1. The summed E-state index contributed by atoms with van der Waals surface area (Å²) in [6.07, 6.45) is 20.0. The van der Waals surface area contributed by atoms with Crippen molar-refractivity contribution in [2.75, 3.05) is 33.4 Å². The van der Waals surface area contributed by atoms with Crippen molar-refractivity contribution in [1.29, 1.82) is 0 Å². The van der Waals surface area contributed by atoms with E-state index in [1.165, 1.54) is 64.2 Å². The number of hydrogen-bond acceptors (Lipinski definition) is 5. The number of hydrogen-bond donors (Lipinski definition) is 0. The molecule has 0 aliphatic carbocycles. The molecule has 1 fully saturated rings. The van der Waals surface area contributed by atoms with Crippen LogP contribution in [0.2, 0.25) is 0 Å². The molecule has 0 aromatic carbocycles. The Hall–Kier alpha value is -1.10. The van der Waals surface area contributed by atoms with Crippen molar-refractivity contribution in [3.05, 3.63) is 0 Å². The average Bonchev–Trinajstić information content (AvgIpc) is 2.88. The fourth-order valence-electron chi connectivity index (χ4n) is 5.27. The number of ether oxygens (including phenoxy) is 2. The Morgan fingerprint density at radius 2 is 1.33 bits per heavy atom. The van der Waals surface area contributed by atoms with Gasteiger partial charge in [0.1, 0.15) is 0 Å². The summed E-state index contributed by atoms with van der Waals surface area (Å²) in [6, 6.07) is 0. The molecule has 1 saturated heterocycles. The molecule has 0 N–H and O–H groups in total. The number of nitrogens with zero attached hydrogens (tertiary/aromatic N) is 1. The number of carbonyl (C=O) groups excluding carboxylic acids is 2. The second-order valence-electron chi connectivity index (χ2n) is 11.3. The minimum absolute atomic E-state index is 0.0140. The van der Waals surface area contributed by atoms with E-state index in [0.29, 0.717) is 31.5 Å². The van der Waals surface area contributed by atoms with Crippen molar-refractivity contribution in [2.24, 2.45) is 17.8 Å². The summed E-state index contributed by atoms with van der Waals surface area (Å²) in [5, 5.41) is 0. The quantitative estimate of drug-likeness (QED) is 0.109. The molecule has 1 heterocycles. The Morgan fingerprint density at radius 1 is 0.750 bits per heavy atom.